The van der Waals surface area contributed by atoms with Crippen molar-refractivity contribution in [3.8, 4) is 11.3 Å². The second-order valence-electron chi connectivity index (χ2n) is 4.35. The van der Waals surface area contributed by atoms with E-state index >= 15 is 0 Å². The van der Waals surface area contributed by atoms with Crippen LogP contribution >= 0.6 is 11.6 Å². The van der Waals surface area contributed by atoms with Gasteiger partial charge in [-0.05, 0) is 11.6 Å². The molecule has 19 heavy (non-hydrogen) atoms. The highest BCUT2D eigenvalue weighted by Gasteiger charge is 2.14. The molecule has 2 aromatic rings. The van der Waals surface area contributed by atoms with E-state index in [1.54, 1.807) is 0 Å². The van der Waals surface area contributed by atoms with E-state index < -0.39 is 0 Å². The van der Waals surface area contributed by atoms with Crippen LogP contribution in [0.15, 0.2) is 36.4 Å². The molecule has 4 nitrogen and oxygen atoms in total. The summed E-state index contributed by atoms with van der Waals surface area (Å²) in [5.74, 6) is 0.863. The maximum absolute atomic E-state index is 6.04. The Morgan fingerprint density at radius 3 is 2.53 bits per heavy atom. The minimum atomic E-state index is 0.280. The summed E-state index contributed by atoms with van der Waals surface area (Å²) in [5, 5.41) is 0.280. The zero-order chi connectivity index (χ0) is 13.1. The first-order chi connectivity index (χ1) is 9.33. The molecule has 0 unspecified atom stereocenters. The molecule has 2 heterocycles. The summed E-state index contributed by atoms with van der Waals surface area (Å²) >= 11 is 6.04. The molecule has 0 bridgehead atoms. The van der Waals surface area contributed by atoms with Gasteiger partial charge in [0, 0.05) is 24.7 Å². The van der Waals surface area contributed by atoms with Crippen molar-refractivity contribution in [3.63, 3.8) is 0 Å². The number of ether oxygens (including phenoxy) is 1. The van der Waals surface area contributed by atoms with E-state index in [4.69, 9.17) is 16.3 Å². The standard InChI is InChI=1S/C14H14ClN3O/c15-14-16-12(11-4-2-1-3-5-11)10-13(17-14)18-6-8-19-9-7-18/h1-5,10H,6-9H2. The van der Waals surface area contributed by atoms with E-state index in [-0.39, 0.29) is 5.28 Å². The maximum Gasteiger partial charge on any atom is 0.224 e. The van der Waals surface area contributed by atoms with Crippen molar-refractivity contribution in [1.82, 2.24) is 9.97 Å². The summed E-state index contributed by atoms with van der Waals surface area (Å²) in [5.41, 5.74) is 1.89. The summed E-state index contributed by atoms with van der Waals surface area (Å²) in [6, 6.07) is 12.0. The fourth-order valence-corrected chi connectivity index (χ4v) is 2.29. The fraction of sp³-hybridized carbons (Fsp3) is 0.286. The van der Waals surface area contributed by atoms with Crippen LogP contribution in [-0.2, 0) is 4.74 Å². The van der Waals surface area contributed by atoms with Crippen molar-refractivity contribution < 1.29 is 4.74 Å². The molecule has 0 aliphatic carbocycles. The van der Waals surface area contributed by atoms with Gasteiger partial charge in [-0.2, -0.15) is 0 Å². The van der Waals surface area contributed by atoms with Crippen LogP contribution in [0.4, 0.5) is 5.82 Å². The predicted octanol–water partition coefficient (Wildman–Crippen LogP) is 2.63. The highest BCUT2D eigenvalue weighted by Crippen LogP contribution is 2.23. The first-order valence-electron chi connectivity index (χ1n) is 6.25. The minimum absolute atomic E-state index is 0.280. The van der Waals surface area contributed by atoms with E-state index in [1.807, 2.05) is 36.4 Å². The van der Waals surface area contributed by atoms with Gasteiger partial charge in [-0.15, -0.1) is 0 Å². The van der Waals surface area contributed by atoms with Gasteiger partial charge in [-0.1, -0.05) is 30.3 Å². The molecular weight excluding hydrogens is 262 g/mol. The smallest absolute Gasteiger partial charge is 0.224 e. The van der Waals surface area contributed by atoms with Crippen LogP contribution in [0.25, 0.3) is 11.3 Å². The Hall–Kier alpha value is -1.65. The first-order valence-corrected chi connectivity index (χ1v) is 6.63. The molecule has 3 rings (SSSR count). The molecule has 1 aliphatic heterocycles. The normalized spacial score (nSPS) is 15.5. The van der Waals surface area contributed by atoms with Gasteiger partial charge in [0.15, 0.2) is 0 Å². The average Bonchev–Trinajstić information content (AvgIpc) is 2.48. The number of benzene rings is 1. The number of anilines is 1. The number of hydrogen-bond donors (Lipinski definition) is 0. The molecular formula is C14H14ClN3O. The maximum atomic E-state index is 6.04. The third kappa shape index (κ3) is 2.85. The number of halogens is 1. The highest BCUT2D eigenvalue weighted by molar-refractivity contribution is 6.28. The van der Waals surface area contributed by atoms with E-state index in [1.165, 1.54) is 0 Å². The number of morpholine rings is 1. The third-order valence-electron chi connectivity index (χ3n) is 3.09. The molecule has 0 atom stereocenters. The van der Waals surface area contributed by atoms with Crippen molar-refractivity contribution in [2.45, 2.75) is 0 Å². The van der Waals surface area contributed by atoms with Gasteiger partial charge in [0.05, 0.1) is 18.9 Å². The molecule has 0 N–H and O–H groups in total. The summed E-state index contributed by atoms with van der Waals surface area (Å²) in [6.45, 7) is 3.12. The van der Waals surface area contributed by atoms with Crippen molar-refractivity contribution >= 4 is 17.4 Å². The van der Waals surface area contributed by atoms with Crippen LogP contribution in [0.3, 0.4) is 0 Å². The highest BCUT2D eigenvalue weighted by atomic mass is 35.5. The molecule has 1 aliphatic rings. The Bertz CT molecular complexity index is 556. The Morgan fingerprint density at radius 2 is 1.79 bits per heavy atom. The van der Waals surface area contributed by atoms with Crippen molar-refractivity contribution in [2.75, 3.05) is 31.2 Å². The summed E-state index contributed by atoms with van der Waals surface area (Å²) in [7, 11) is 0. The molecule has 0 spiro atoms. The van der Waals surface area contributed by atoms with Crippen molar-refractivity contribution in [3.05, 3.63) is 41.7 Å². The lowest BCUT2D eigenvalue weighted by Crippen LogP contribution is -2.36. The summed E-state index contributed by atoms with van der Waals surface area (Å²) in [6.07, 6.45) is 0. The van der Waals surface area contributed by atoms with Crippen LogP contribution in [0.1, 0.15) is 0 Å². The molecule has 1 saturated heterocycles. The van der Waals surface area contributed by atoms with Crippen LogP contribution in [-0.4, -0.2) is 36.3 Å². The topological polar surface area (TPSA) is 38.2 Å². The molecule has 0 amide bonds. The lowest BCUT2D eigenvalue weighted by Gasteiger charge is -2.28. The third-order valence-corrected chi connectivity index (χ3v) is 3.26. The molecule has 1 aromatic heterocycles. The second-order valence-corrected chi connectivity index (χ2v) is 4.68. The quantitative estimate of drug-likeness (QED) is 0.790. The summed E-state index contributed by atoms with van der Waals surface area (Å²) in [4.78, 5) is 10.8. The van der Waals surface area contributed by atoms with Crippen LogP contribution in [0.2, 0.25) is 5.28 Å². The van der Waals surface area contributed by atoms with Crippen LogP contribution in [0.5, 0.6) is 0 Å². The lowest BCUT2D eigenvalue weighted by atomic mass is 10.1. The van der Waals surface area contributed by atoms with Gasteiger partial charge in [0.1, 0.15) is 5.82 Å². The Morgan fingerprint density at radius 1 is 1.05 bits per heavy atom. The molecule has 1 aromatic carbocycles. The minimum Gasteiger partial charge on any atom is -0.378 e. The molecule has 0 radical (unpaired) electrons. The van der Waals surface area contributed by atoms with Gasteiger partial charge in [-0.3, -0.25) is 0 Å². The largest absolute Gasteiger partial charge is 0.378 e. The fourth-order valence-electron chi connectivity index (χ4n) is 2.12. The Labute approximate surface area is 117 Å². The van der Waals surface area contributed by atoms with Crippen molar-refractivity contribution in [1.29, 1.82) is 0 Å². The monoisotopic (exact) mass is 275 g/mol. The molecule has 0 saturated carbocycles. The zero-order valence-corrected chi connectivity index (χ0v) is 11.2. The molecule has 5 heteroatoms. The number of aromatic nitrogens is 2. The SMILES string of the molecule is Clc1nc(-c2ccccc2)cc(N2CCOCC2)n1. The van der Waals surface area contributed by atoms with Gasteiger partial charge < -0.3 is 9.64 Å². The van der Waals surface area contributed by atoms with E-state index in [0.29, 0.717) is 0 Å². The van der Waals surface area contributed by atoms with Gasteiger partial charge in [-0.25, -0.2) is 9.97 Å². The first kappa shape index (κ1) is 12.4. The zero-order valence-electron chi connectivity index (χ0n) is 10.4. The van der Waals surface area contributed by atoms with Gasteiger partial charge in [0.2, 0.25) is 5.28 Å². The van der Waals surface area contributed by atoms with E-state index in [2.05, 4.69) is 14.9 Å². The molecule has 1 fully saturated rings. The van der Waals surface area contributed by atoms with Gasteiger partial charge >= 0.3 is 0 Å². The van der Waals surface area contributed by atoms with Crippen molar-refractivity contribution in [2.24, 2.45) is 0 Å². The number of rotatable bonds is 2. The Kier molecular flexibility index (Phi) is 3.62. The molecule has 98 valence electrons. The van der Waals surface area contributed by atoms with Crippen LogP contribution in [0, 0.1) is 0 Å². The number of nitrogens with zero attached hydrogens (tertiary/aromatic N) is 3. The predicted molar refractivity (Wildman–Crippen MR) is 75.5 cm³/mol. The Balaban J connectivity index is 1.96. The number of hydrogen-bond acceptors (Lipinski definition) is 4. The van der Waals surface area contributed by atoms with E-state index in [0.717, 1.165) is 43.4 Å². The average molecular weight is 276 g/mol. The summed E-state index contributed by atoms with van der Waals surface area (Å²) < 4.78 is 5.35. The van der Waals surface area contributed by atoms with Crippen LogP contribution < -0.4 is 4.90 Å². The van der Waals surface area contributed by atoms with Gasteiger partial charge in [0.25, 0.3) is 0 Å². The van der Waals surface area contributed by atoms with E-state index in [9.17, 15) is 0 Å². The lowest BCUT2D eigenvalue weighted by molar-refractivity contribution is 0.122. The second kappa shape index (κ2) is 5.55.